The highest BCUT2D eigenvalue weighted by molar-refractivity contribution is 5.56. The fraction of sp³-hybridized carbons (Fsp3) is 0.600. The number of nitrogens with zero attached hydrogens (tertiary/aromatic N) is 1. The van der Waals surface area contributed by atoms with Crippen LogP contribution in [0.25, 0.3) is 0 Å². The van der Waals surface area contributed by atoms with Crippen molar-refractivity contribution >= 4 is 5.69 Å². The van der Waals surface area contributed by atoms with E-state index in [1.165, 1.54) is 49.2 Å². The fourth-order valence-electron chi connectivity index (χ4n) is 3.57. The van der Waals surface area contributed by atoms with Gasteiger partial charge in [0.2, 0.25) is 0 Å². The van der Waals surface area contributed by atoms with Crippen molar-refractivity contribution in [3.63, 3.8) is 0 Å². The van der Waals surface area contributed by atoms with Gasteiger partial charge in [-0.25, -0.2) is 0 Å². The van der Waals surface area contributed by atoms with Crippen LogP contribution in [0.3, 0.4) is 0 Å². The summed E-state index contributed by atoms with van der Waals surface area (Å²) in [4.78, 5) is 2.57. The van der Waals surface area contributed by atoms with Crippen LogP contribution in [0.5, 0.6) is 0 Å². The van der Waals surface area contributed by atoms with Crippen LogP contribution in [0.15, 0.2) is 18.2 Å². The van der Waals surface area contributed by atoms with Crippen molar-refractivity contribution in [2.24, 2.45) is 17.6 Å². The van der Waals surface area contributed by atoms with E-state index in [9.17, 15) is 0 Å². The first-order chi connectivity index (χ1) is 8.28. The SMILES string of the molecule is Cc1ccc(CN)c(N2CC3CCCC3C2)c1. The Morgan fingerprint density at radius 2 is 1.94 bits per heavy atom. The summed E-state index contributed by atoms with van der Waals surface area (Å²) in [5.74, 6) is 1.89. The predicted molar refractivity (Wildman–Crippen MR) is 72.1 cm³/mol. The molecular weight excluding hydrogens is 208 g/mol. The molecule has 2 nitrogen and oxygen atoms in total. The number of rotatable bonds is 2. The van der Waals surface area contributed by atoms with E-state index in [1.807, 2.05) is 0 Å². The van der Waals surface area contributed by atoms with E-state index in [2.05, 4.69) is 30.0 Å². The molecule has 0 spiro atoms. The normalized spacial score (nSPS) is 27.5. The third-order valence-electron chi connectivity index (χ3n) is 4.53. The first kappa shape index (κ1) is 11.1. The lowest BCUT2D eigenvalue weighted by Crippen LogP contribution is -2.22. The minimum Gasteiger partial charge on any atom is -0.371 e. The molecule has 3 rings (SSSR count). The molecule has 1 aromatic rings. The van der Waals surface area contributed by atoms with Gasteiger partial charge in [-0.3, -0.25) is 0 Å². The summed E-state index contributed by atoms with van der Waals surface area (Å²) in [6.45, 7) is 5.32. The molecule has 0 aromatic heterocycles. The zero-order chi connectivity index (χ0) is 11.8. The number of benzene rings is 1. The Hall–Kier alpha value is -1.02. The van der Waals surface area contributed by atoms with Crippen LogP contribution < -0.4 is 10.6 Å². The molecule has 1 aliphatic heterocycles. The Kier molecular flexibility index (Phi) is 2.83. The Morgan fingerprint density at radius 3 is 2.59 bits per heavy atom. The van der Waals surface area contributed by atoms with Gasteiger partial charge >= 0.3 is 0 Å². The van der Waals surface area contributed by atoms with Crippen LogP contribution in [-0.4, -0.2) is 13.1 Å². The quantitative estimate of drug-likeness (QED) is 0.846. The minimum absolute atomic E-state index is 0.654. The number of hydrogen-bond donors (Lipinski definition) is 1. The van der Waals surface area contributed by atoms with Gasteiger partial charge in [0.05, 0.1) is 0 Å². The highest BCUT2D eigenvalue weighted by atomic mass is 15.2. The van der Waals surface area contributed by atoms with Crippen LogP contribution in [0.4, 0.5) is 5.69 Å². The van der Waals surface area contributed by atoms with Crippen molar-refractivity contribution in [2.75, 3.05) is 18.0 Å². The second kappa shape index (κ2) is 4.34. The molecule has 2 unspecified atom stereocenters. The molecule has 92 valence electrons. The molecule has 2 aliphatic rings. The van der Waals surface area contributed by atoms with E-state index < -0.39 is 0 Å². The maximum atomic E-state index is 5.86. The second-order valence-electron chi connectivity index (χ2n) is 5.69. The Labute approximate surface area is 104 Å². The van der Waals surface area contributed by atoms with Gasteiger partial charge in [0.1, 0.15) is 0 Å². The van der Waals surface area contributed by atoms with Crippen LogP contribution in [0, 0.1) is 18.8 Å². The molecule has 2 heteroatoms. The molecule has 17 heavy (non-hydrogen) atoms. The number of nitrogens with two attached hydrogens (primary N) is 1. The number of anilines is 1. The van der Waals surface area contributed by atoms with Gasteiger partial charge in [-0.2, -0.15) is 0 Å². The zero-order valence-electron chi connectivity index (χ0n) is 10.7. The van der Waals surface area contributed by atoms with Crippen molar-refractivity contribution in [3.05, 3.63) is 29.3 Å². The van der Waals surface area contributed by atoms with Gasteiger partial charge in [-0.05, 0) is 48.8 Å². The standard InChI is InChI=1S/C15H22N2/c1-11-5-6-12(8-16)15(7-11)17-9-13-3-2-4-14(13)10-17/h5-7,13-14H,2-4,8-10,16H2,1H3. The van der Waals surface area contributed by atoms with Crippen molar-refractivity contribution in [1.82, 2.24) is 0 Å². The van der Waals surface area contributed by atoms with Gasteiger partial charge in [0.15, 0.2) is 0 Å². The second-order valence-corrected chi connectivity index (χ2v) is 5.69. The van der Waals surface area contributed by atoms with E-state index in [-0.39, 0.29) is 0 Å². The van der Waals surface area contributed by atoms with Crippen LogP contribution in [0.1, 0.15) is 30.4 Å². The molecule has 1 aromatic carbocycles. The van der Waals surface area contributed by atoms with Crippen molar-refractivity contribution in [1.29, 1.82) is 0 Å². The summed E-state index contributed by atoms with van der Waals surface area (Å²) in [5.41, 5.74) is 9.89. The van der Waals surface area contributed by atoms with Gasteiger partial charge in [0, 0.05) is 25.3 Å². The molecule has 1 heterocycles. The van der Waals surface area contributed by atoms with E-state index in [0.717, 1.165) is 11.8 Å². The smallest absolute Gasteiger partial charge is 0.0414 e. The monoisotopic (exact) mass is 230 g/mol. The van der Waals surface area contributed by atoms with Crippen LogP contribution in [0.2, 0.25) is 0 Å². The highest BCUT2D eigenvalue weighted by Crippen LogP contribution is 2.40. The Morgan fingerprint density at radius 1 is 1.24 bits per heavy atom. The van der Waals surface area contributed by atoms with Crippen molar-refractivity contribution in [2.45, 2.75) is 32.7 Å². The molecule has 1 saturated heterocycles. The molecule has 0 bridgehead atoms. The lowest BCUT2D eigenvalue weighted by atomic mass is 10.0. The third-order valence-corrected chi connectivity index (χ3v) is 4.53. The summed E-state index contributed by atoms with van der Waals surface area (Å²) >= 11 is 0. The molecule has 1 aliphatic carbocycles. The summed E-state index contributed by atoms with van der Waals surface area (Å²) < 4.78 is 0. The van der Waals surface area contributed by atoms with Crippen LogP contribution >= 0.6 is 0 Å². The van der Waals surface area contributed by atoms with Crippen LogP contribution in [-0.2, 0) is 6.54 Å². The average Bonchev–Trinajstić information content (AvgIpc) is 2.88. The molecular formula is C15H22N2. The summed E-state index contributed by atoms with van der Waals surface area (Å²) in [7, 11) is 0. The minimum atomic E-state index is 0.654. The van der Waals surface area contributed by atoms with Crippen molar-refractivity contribution in [3.8, 4) is 0 Å². The molecule has 0 amide bonds. The largest absolute Gasteiger partial charge is 0.371 e. The molecule has 1 saturated carbocycles. The lowest BCUT2D eigenvalue weighted by Gasteiger charge is -2.23. The highest BCUT2D eigenvalue weighted by Gasteiger charge is 2.36. The fourth-order valence-corrected chi connectivity index (χ4v) is 3.57. The summed E-state index contributed by atoms with van der Waals surface area (Å²) in [6.07, 6.45) is 4.32. The average molecular weight is 230 g/mol. The summed E-state index contributed by atoms with van der Waals surface area (Å²) in [6, 6.07) is 6.67. The van der Waals surface area contributed by atoms with E-state index in [1.54, 1.807) is 0 Å². The van der Waals surface area contributed by atoms with E-state index >= 15 is 0 Å². The molecule has 0 radical (unpaired) electrons. The van der Waals surface area contributed by atoms with Gasteiger partial charge in [0.25, 0.3) is 0 Å². The predicted octanol–water partition coefficient (Wildman–Crippen LogP) is 2.69. The topological polar surface area (TPSA) is 29.3 Å². The zero-order valence-corrected chi connectivity index (χ0v) is 10.7. The Bertz CT molecular complexity index is 401. The maximum absolute atomic E-state index is 5.86. The number of fused-ring (bicyclic) bond motifs is 1. The maximum Gasteiger partial charge on any atom is 0.0414 e. The van der Waals surface area contributed by atoms with E-state index in [4.69, 9.17) is 5.73 Å². The van der Waals surface area contributed by atoms with Crippen molar-refractivity contribution < 1.29 is 0 Å². The molecule has 2 N–H and O–H groups in total. The molecule has 2 atom stereocenters. The van der Waals surface area contributed by atoms with Gasteiger partial charge in [-0.1, -0.05) is 18.6 Å². The van der Waals surface area contributed by atoms with Gasteiger partial charge in [-0.15, -0.1) is 0 Å². The first-order valence-electron chi connectivity index (χ1n) is 6.82. The number of aryl methyl sites for hydroxylation is 1. The van der Waals surface area contributed by atoms with Gasteiger partial charge < -0.3 is 10.6 Å². The first-order valence-corrected chi connectivity index (χ1v) is 6.82. The molecule has 2 fully saturated rings. The Balaban J connectivity index is 1.87. The lowest BCUT2D eigenvalue weighted by molar-refractivity contribution is 0.494. The third kappa shape index (κ3) is 1.95. The summed E-state index contributed by atoms with van der Waals surface area (Å²) in [5, 5.41) is 0. The number of hydrogen-bond acceptors (Lipinski definition) is 2. The van der Waals surface area contributed by atoms with E-state index in [0.29, 0.717) is 6.54 Å².